The van der Waals surface area contributed by atoms with Crippen LogP contribution in [0, 0.1) is 0 Å². The zero-order valence-corrected chi connectivity index (χ0v) is 12.7. The lowest BCUT2D eigenvalue weighted by atomic mass is 10.5. The molecule has 0 aliphatic heterocycles. The number of ether oxygens (including phenoxy) is 1. The zero-order valence-electron chi connectivity index (χ0n) is 11.1. The lowest BCUT2D eigenvalue weighted by Gasteiger charge is -2.12. The third-order valence-electron chi connectivity index (χ3n) is 2.08. The monoisotopic (exact) mass is 304 g/mol. The molecule has 0 bridgehead atoms. The van der Waals surface area contributed by atoms with Gasteiger partial charge < -0.3 is 15.0 Å². The van der Waals surface area contributed by atoms with E-state index in [0.29, 0.717) is 29.3 Å². The minimum Gasteiger partial charge on any atom is -0.383 e. The first-order valence-corrected chi connectivity index (χ1v) is 6.99. The molecule has 0 saturated carbocycles. The number of nitrogens with zero attached hydrogens (tertiary/aromatic N) is 3. The number of anilines is 1. The van der Waals surface area contributed by atoms with Gasteiger partial charge in [0.15, 0.2) is 5.16 Å². The van der Waals surface area contributed by atoms with E-state index in [1.54, 1.807) is 13.2 Å². The van der Waals surface area contributed by atoms with Crippen molar-refractivity contribution in [1.29, 1.82) is 0 Å². The van der Waals surface area contributed by atoms with Crippen LogP contribution in [0.4, 0.5) is 5.82 Å². The fourth-order valence-electron chi connectivity index (χ4n) is 1.15. The molecule has 0 atom stereocenters. The number of carbonyl (C=O) groups excluding carboxylic acids is 1. The number of nitrogens with one attached hydrogen (secondary N) is 1. The second kappa shape index (κ2) is 8.19. The van der Waals surface area contributed by atoms with E-state index in [9.17, 15) is 4.79 Å². The highest BCUT2D eigenvalue weighted by molar-refractivity contribution is 7.99. The number of thioether (sulfide) groups is 1. The van der Waals surface area contributed by atoms with E-state index in [4.69, 9.17) is 16.3 Å². The van der Waals surface area contributed by atoms with Crippen LogP contribution in [0.5, 0.6) is 0 Å². The average Bonchev–Trinajstić information content (AvgIpc) is 2.36. The Morgan fingerprint density at radius 3 is 2.89 bits per heavy atom. The van der Waals surface area contributed by atoms with Crippen molar-refractivity contribution in [2.24, 2.45) is 0 Å². The van der Waals surface area contributed by atoms with Crippen molar-refractivity contribution in [3.63, 3.8) is 0 Å². The summed E-state index contributed by atoms with van der Waals surface area (Å²) in [5.41, 5.74) is 0. The lowest BCUT2D eigenvalue weighted by Crippen LogP contribution is -2.28. The second-order valence-electron chi connectivity index (χ2n) is 3.86. The Morgan fingerprint density at radius 2 is 2.26 bits per heavy atom. The summed E-state index contributed by atoms with van der Waals surface area (Å²) >= 11 is 7.15. The molecule has 1 rings (SSSR count). The summed E-state index contributed by atoms with van der Waals surface area (Å²) in [6.07, 6.45) is 0. The van der Waals surface area contributed by atoms with Crippen molar-refractivity contribution in [2.75, 3.05) is 45.0 Å². The summed E-state index contributed by atoms with van der Waals surface area (Å²) < 4.78 is 4.84. The number of methoxy groups -OCH3 is 1. The first-order valence-electron chi connectivity index (χ1n) is 5.63. The average molecular weight is 305 g/mol. The predicted octanol–water partition coefficient (Wildman–Crippen LogP) is 1.05. The number of carbonyl (C=O) groups is 1. The molecule has 106 valence electrons. The lowest BCUT2D eigenvalue weighted by molar-refractivity contribution is -0.118. The molecule has 1 aromatic heterocycles. The number of hydrogen-bond acceptors (Lipinski definition) is 6. The van der Waals surface area contributed by atoms with Crippen LogP contribution in [0.25, 0.3) is 0 Å². The van der Waals surface area contributed by atoms with E-state index in [1.165, 1.54) is 11.8 Å². The van der Waals surface area contributed by atoms with Gasteiger partial charge in [-0.3, -0.25) is 4.79 Å². The molecule has 0 aliphatic rings. The maximum Gasteiger partial charge on any atom is 0.230 e. The van der Waals surface area contributed by atoms with E-state index in [-0.39, 0.29) is 11.7 Å². The number of amides is 1. The first-order chi connectivity index (χ1) is 9.02. The smallest absolute Gasteiger partial charge is 0.230 e. The van der Waals surface area contributed by atoms with Gasteiger partial charge in [0.05, 0.1) is 12.4 Å². The van der Waals surface area contributed by atoms with Crippen LogP contribution in [0.3, 0.4) is 0 Å². The molecule has 0 aromatic carbocycles. The van der Waals surface area contributed by atoms with Gasteiger partial charge in [0.1, 0.15) is 11.0 Å². The van der Waals surface area contributed by atoms with Gasteiger partial charge >= 0.3 is 0 Å². The molecule has 19 heavy (non-hydrogen) atoms. The molecule has 1 aromatic rings. The van der Waals surface area contributed by atoms with Crippen LogP contribution in [-0.2, 0) is 9.53 Å². The Kier molecular flexibility index (Phi) is 6.90. The molecule has 8 heteroatoms. The standard InChI is InChI=1S/C11H17ClN4O2S/c1-16(2)9-6-8(12)14-11(15-9)19-7-10(17)13-4-5-18-3/h6H,4-5,7H2,1-3H3,(H,13,17). The zero-order chi connectivity index (χ0) is 14.3. The van der Waals surface area contributed by atoms with Crippen molar-refractivity contribution in [2.45, 2.75) is 5.16 Å². The first kappa shape index (κ1) is 16.0. The van der Waals surface area contributed by atoms with Gasteiger partial charge in [-0.25, -0.2) is 9.97 Å². The summed E-state index contributed by atoms with van der Waals surface area (Å²) in [6, 6.07) is 1.67. The molecule has 6 nitrogen and oxygen atoms in total. The summed E-state index contributed by atoms with van der Waals surface area (Å²) in [5.74, 6) is 0.871. The summed E-state index contributed by atoms with van der Waals surface area (Å²) in [4.78, 5) is 21.7. The van der Waals surface area contributed by atoms with E-state index in [0.717, 1.165) is 0 Å². The minimum atomic E-state index is -0.0861. The molecule has 0 unspecified atom stereocenters. The van der Waals surface area contributed by atoms with Gasteiger partial charge in [-0.05, 0) is 0 Å². The molecule has 1 N–H and O–H groups in total. The van der Waals surface area contributed by atoms with Gasteiger partial charge in [0.2, 0.25) is 5.91 Å². The van der Waals surface area contributed by atoms with Crippen molar-refractivity contribution < 1.29 is 9.53 Å². The molecule has 1 amide bonds. The highest BCUT2D eigenvalue weighted by Crippen LogP contribution is 2.20. The Bertz CT molecular complexity index is 431. The van der Waals surface area contributed by atoms with Gasteiger partial charge in [0.25, 0.3) is 0 Å². The van der Waals surface area contributed by atoms with Gasteiger partial charge in [-0.1, -0.05) is 23.4 Å². The largest absolute Gasteiger partial charge is 0.383 e. The Labute approximate surface area is 121 Å². The van der Waals surface area contributed by atoms with E-state index in [2.05, 4.69) is 15.3 Å². The van der Waals surface area contributed by atoms with E-state index >= 15 is 0 Å². The Morgan fingerprint density at radius 1 is 1.53 bits per heavy atom. The fraction of sp³-hybridized carbons (Fsp3) is 0.545. The van der Waals surface area contributed by atoms with E-state index in [1.807, 2.05) is 19.0 Å². The van der Waals surface area contributed by atoms with Crippen LogP contribution >= 0.6 is 23.4 Å². The van der Waals surface area contributed by atoms with Crippen LogP contribution in [-0.4, -0.2) is 56.0 Å². The van der Waals surface area contributed by atoms with Crippen molar-refractivity contribution in [1.82, 2.24) is 15.3 Å². The van der Waals surface area contributed by atoms with Crippen LogP contribution in [0.2, 0.25) is 5.15 Å². The maximum atomic E-state index is 11.5. The highest BCUT2D eigenvalue weighted by Gasteiger charge is 2.08. The molecule has 0 aliphatic carbocycles. The van der Waals surface area contributed by atoms with Crippen molar-refractivity contribution in [3.8, 4) is 0 Å². The number of halogens is 1. The number of rotatable bonds is 7. The molecular formula is C11H17ClN4O2S. The third-order valence-corrected chi connectivity index (χ3v) is 3.12. The SMILES string of the molecule is COCCNC(=O)CSc1nc(Cl)cc(N(C)C)n1. The number of hydrogen-bond donors (Lipinski definition) is 1. The minimum absolute atomic E-state index is 0.0861. The number of aromatic nitrogens is 2. The van der Waals surface area contributed by atoms with Crippen LogP contribution in [0.1, 0.15) is 0 Å². The van der Waals surface area contributed by atoms with E-state index < -0.39 is 0 Å². The topological polar surface area (TPSA) is 67.3 Å². The quantitative estimate of drug-likeness (QED) is 0.351. The Hall–Kier alpha value is -1.05. The fourth-order valence-corrected chi connectivity index (χ4v) is 2.06. The molecule has 1 heterocycles. The normalized spacial score (nSPS) is 10.3. The maximum absolute atomic E-state index is 11.5. The molecule has 0 saturated heterocycles. The van der Waals surface area contributed by atoms with Gasteiger partial charge in [-0.15, -0.1) is 0 Å². The molecule has 0 spiro atoms. The summed E-state index contributed by atoms with van der Waals surface area (Å²) in [6.45, 7) is 0.990. The second-order valence-corrected chi connectivity index (χ2v) is 5.19. The van der Waals surface area contributed by atoms with Crippen molar-refractivity contribution >= 4 is 35.1 Å². The molecule has 0 radical (unpaired) electrons. The van der Waals surface area contributed by atoms with Crippen LogP contribution in [0.15, 0.2) is 11.2 Å². The third kappa shape index (κ3) is 6.09. The van der Waals surface area contributed by atoms with Crippen molar-refractivity contribution in [3.05, 3.63) is 11.2 Å². The molecule has 0 fully saturated rings. The van der Waals surface area contributed by atoms with Gasteiger partial charge in [0, 0.05) is 33.8 Å². The molecular weight excluding hydrogens is 288 g/mol. The summed E-state index contributed by atoms with van der Waals surface area (Å²) in [5, 5.41) is 3.57. The Balaban J connectivity index is 2.50. The highest BCUT2D eigenvalue weighted by atomic mass is 35.5. The van der Waals surface area contributed by atoms with Crippen LogP contribution < -0.4 is 10.2 Å². The summed E-state index contributed by atoms with van der Waals surface area (Å²) in [7, 11) is 5.32. The predicted molar refractivity (Wildman–Crippen MR) is 77.0 cm³/mol. The van der Waals surface area contributed by atoms with Gasteiger partial charge in [-0.2, -0.15) is 0 Å².